The highest BCUT2D eigenvalue weighted by molar-refractivity contribution is 5.82. The molecular weight excluding hydrogens is 236 g/mol. The predicted molar refractivity (Wildman–Crippen MR) is 76.1 cm³/mol. The zero-order valence-electron chi connectivity index (χ0n) is 11.1. The maximum Gasteiger partial charge on any atom is 0.128 e. The van der Waals surface area contributed by atoms with Crippen molar-refractivity contribution in [2.24, 2.45) is 0 Å². The molecule has 96 valence electrons. The monoisotopic (exact) mass is 252 g/mol. The summed E-state index contributed by atoms with van der Waals surface area (Å²) in [5.41, 5.74) is 3.30. The van der Waals surface area contributed by atoms with Crippen LogP contribution in [0.5, 0.6) is 0 Å². The zero-order valence-corrected chi connectivity index (χ0v) is 11.1. The van der Waals surface area contributed by atoms with Gasteiger partial charge in [-0.15, -0.1) is 0 Å². The van der Waals surface area contributed by atoms with Crippen LogP contribution >= 0.6 is 0 Å². The molecule has 1 N–H and O–H groups in total. The summed E-state index contributed by atoms with van der Waals surface area (Å²) in [6, 6.07) is 12.3. The van der Waals surface area contributed by atoms with Crippen molar-refractivity contribution in [3.8, 4) is 0 Å². The van der Waals surface area contributed by atoms with E-state index in [1.54, 1.807) is 6.26 Å². The third-order valence-electron chi connectivity index (χ3n) is 3.43. The second-order valence-corrected chi connectivity index (χ2v) is 4.61. The van der Waals surface area contributed by atoms with Crippen LogP contribution in [-0.4, -0.2) is 12.0 Å². The minimum absolute atomic E-state index is 0.0219. The summed E-state index contributed by atoms with van der Waals surface area (Å²) in [4.78, 5) is 4.51. The molecule has 0 spiro atoms. The van der Waals surface area contributed by atoms with E-state index in [0.717, 1.165) is 27.8 Å². The van der Waals surface area contributed by atoms with Gasteiger partial charge in [-0.1, -0.05) is 24.3 Å². The van der Waals surface area contributed by atoms with E-state index in [4.69, 9.17) is 4.42 Å². The summed E-state index contributed by atoms with van der Waals surface area (Å²) in [6.07, 6.45) is 3.56. The van der Waals surface area contributed by atoms with Crippen LogP contribution in [-0.2, 0) is 0 Å². The van der Waals surface area contributed by atoms with E-state index in [1.807, 2.05) is 25.4 Å². The topological polar surface area (TPSA) is 38.1 Å². The fourth-order valence-corrected chi connectivity index (χ4v) is 2.47. The smallest absolute Gasteiger partial charge is 0.128 e. The molecule has 3 nitrogen and oxygen atoms in total. The highest BCUT2D eigenvalue weighted by Gasteiger charge is 2.19. The number of furan rings is 1. The van der Waals surface area contributed by atoms with Gasteiger partial charge in [-0.3, -0.25) is 4.98 Å². The van der Waals surface area contributed by atoms with Crippen molar-refractivity contribution >= 4 is 10.9 Å². The molecule has 2 aromatic heterocycles. The van der Waals surface area contributed by atoms with Crippen molar-refractivity contribution in [3.05, 3.63) is 65.7 Å². The van der Waals surface area contributed by atoms with Gasteiger partial charge in [0.2, 0.25) is 0 Å². The third kappa shape index (κ3) is 2.02. The second kappa shape index (κ2) is 4.86. The molecule has 2 heterocycles. The Kier molecular flexibility index (Phi) is 3.05. The molecule has 0 saturated carbocycles. The van der Waals surface area contributed by atoms with E-state index in [1.165, 1.54) is 0 Å². The summed E-state index contributed by atoms with van der Waals surface area (Å²) < 4.78 is 5.63. The molecule has 3 rings (SSSR count). The Labute approximate surface area is 112 Å². The largest absolute Gasteiger partial charge is 0.467 e. The molecule has 1 aromatic carbocycles. The maximum atomic E-state index is 5.63. The van der Waals surface area contributed by atoms with E-state index in [0.29, 0.717) is 0 Å². The van der Waals surface area contributed by atoms with Gasteiger partial charge in [-0.2, -0.15) is 0 Å². The molecule has 0 aliphatic rings. The molecule has 0 aliphatic heterocycles. The number of nitrogens with zero attached hydrogens (tertiary/aromatic N) is 1. The number of fused-ring (bicyclic) bond motifs is 1. The van der Waals surface area contributed by atoms with Gasteiger partial charge in [0.15, 0.2) is 0 Å². The lowest BCUT2D eigenvalue weighted by Crippen LogP contribution is -2.18. The molecule has 3 aromatic rings. The van der Waals surface area contributed by atoms with Crippen LogP contribution < -0.4 is 5.32 Å². The molecule has 19 heavy (non-hydrogen) atoms. The Hall–Kier alpha value is -2.13. The van der Waals surface area contributed by atoms with E-state index in [-0.39, 0.29) is 6.04 Å². The third-order valence-corrected chi connectivity index (χ3v) is 3.43. The first-order valence-electron chi connectivity index (χ1n) is 6.36. The minimum Gasteiger partial charge on any atom is -0.467 e. The lowest BCUT2D eigenvalue weighted by molar-refractivity contribution is 0.461. The Morgan fingerprint density at radius 2 is 2.00 bits per heavy atom. The second-order valence-electron chi connectivity index (χ2n) is 4.61. The van der Waals surface area contributed by atoms with Crippen LogP contribution in [0.4, 0.5) is 0 Å². The van der Waals surface area contributed by atoms with E-state index < -0.39 is 0 Å². The first kappa shape index (κ1) is 11.9. The van der Waals surface area contributed by atoms with Crippen molar-refractivity contribution in [1.29, 1.82) is 0 Å². The molecule has 3 heteroatoms. The number of aryl methyl sites for hydroxylation is 1. The average molecular weight is 252 g/mol. The van der Waals surface area contributed by atoms with Crippen molar-refractivity contribution in [3.63, 3.8) is 0 Å². The molecular formula is C16H16N2O. The first-order chi connectivity index (χ1) is 9.31. The van der Waals surface area contributed by atoms with Gasteiger partial charge < -0.3 is 9.73 Å². The molecule has 0 aliphatic carbocycles. The number of aromatic nitrogens is 1. The van der Waals surface area contributed by atoms with Gasteiger partial charge in [0, 0.05) is 17.1 Å². The number of hydrogen-bond acceptors (Lipinski definition) is 3. The first-order valence-corrected chi connectivity index (χ1v) is 6.36. The van der Waals surface area contributed by atoms with Gasteiger partial charge in [-0.25, -0.2) is 0 Å². The normalized spacial score (nSPS) is 12.7. The Morgan fingerprint density at radius 1 is 1.16 bits per heavy atom. The summed E-state index contributed by atoms with van der Waals surface area (Å²) >= 11 is 0. The number of nitrogens with one attached hydrogen (secondary N) is 1. The number of pyridine rings is 1. The Morgan fingerprint density at radius 3 is 2.74 bits per heavy atom. The van der Waals surface area contributed by atoms with Crippen molar-refractivity contribution in [2.75, 3.05) is 7.05 Å². The van der Waals surface area contributed by atoms with Gasteiger partial charge in [0.05, 0.1) is 17.8 Å². The predicted octanol–water partition coefficient (Wildman–Crippen LogP) is 3.45. The summed E-state index contributed by atoms with van der Waals surface area (Å²) in [5, 5.41) is 4.46. The minimum atomic E-state index is 0.0219. The molecule has 0 radical (unpaired) electrons. The van der Waals surface area contributed by atoms with Gasteiger partial charge in [0.25, 0.3) is 0 Å². The van der Waals surface area contributed by atoms with Gasteiger partial charge in [0.1, 0.15) is 5.76 Å². The quantitative estimate of drug-likeness (QED) is 0.776. The maximum absolute atomic E-state index is 5.63. The average Bonchev–Trinajstić information content (AvgIpc) is 2.86. The summed E-state index contributed by atoms with van der Waals surface area (Å²) in [6.45, 7) is 2.06. The molecule has 0 saturated heterocycles. The highest BCUT2D eigenvalue weighted by atomic mass is 16.3. The molecule has 0 fully saturated rings. The van der Waals surface area contributed by atoms with Gasteiger partial charge in [-0.05, 0) is 31.7 Å². The van der Waals surface area contributed by atoms with Crippen LogP contribution in [0, 0.1) is 6.92 Å². The van der Waals surface area contributed by atoms with Crippen LogP contribution in [0.3, 0.4) is 0 Å². The van der Waals surface area contributed by atoms with Crippen LogP contribution in [0.2, 0.25) is 0 Å². The molecule has 1 unspecified atom stereocenters. The number of para-hydroxylation sites is 1. The van der Waals surface area contributed by atoms with Crippen LogP contribution in [0.25, 0.3) is 10.9 Å². The molecule has 1 atom stereocenters. The standard InChI is InChI=1S/C16H16N2O/c1-11-8-10-19-16(11)15(17-2)13-7-3-5-12-6-4-9-18-14(12)13/h3-10,15,17H,1-2H3. The lowest BCUT2D eigenvalue weighted by atomic mass is 9.99. The number of hydrogen-bond donors (Lipinski definition) is 1. The van der Waals surface area contributed by atoms with Crippen LogP contribution in [0.15, 0.2) is 53.3 Å². The summed E-state index contributed by atoms with van der Waals surface area (Å²) in [5.74, 6) is 0.945. The SMILES string of the molecule is CNC(c1occc1C)c1cccc2cccnc12. The lowest BCUT2D eigenvalue weighted by Gasteiger charge is -2.17. The molecule has 0 bridgehead atoms. The van der Waals surface area contributed by atoms with E-state index in [2.05, 4.69) is 41.5 Å². The Bertz CT molecular complexity index is 697. The fourth-order valence-electron chi connectivity index (χ4n) is 2.47. The van der Waals surface area contributed by atoms with Gasteiger partial charge >= 0.3 is 0 Å². The zero-order chi connectivity index (χ0) is 13.2. The fraction of sp³-hybridized carbons (Fsp3) is 0.188. The number of benzene rings is 1. The van der Waals surface area contributed by atoms with Crippen LogP contribution in [0.1, 0.15) is 22.9 Å². The van der Waals surface area contributed by atoms with Crippen molar-refractivity contribution < 1.29 is 4.42 Å². The highest BCUT2D eigenvalue weighted by Crippen LogP contribution is 2.29. The Balaban J connectivity index is 2.20. The summed E-state index contributed by atoms with van der Waals surface area (Å²) in [7, 11) is 1.94. The van der Waals surface area contributed by atoms with E-state index in [9.17, 15) is 0 Å². The molecule has 0 amide bonds. The number of rotatable bonds is 3. The van der Waals surface area contributed by atoms with Crippen molar-refractivity contribution in [2.45, 2.75) is 13.0 Å². The van der Waals surface area contributed by atoms with E-state index >= 15 is 0 Å². The van der Waals surface area contributed by atoms with Crippen molar-refractivity contribution in [1.82, 2.24) is 10.3 Å².